The van der Waals surface area contributed by atoms with E-state index in [0.717, 1.165) is 4.47 Å². The van der Waals surface area contributed by atoms with Gasteiger partial charge in [0, 0.05) is 21.2 Å². The van der Waals surface area contributed by atoms with E-state index >= 15 is 0 Å². The summed E-state index contributed by atoms with van der Waals surface area (Å²) >= 11 is 5.44. The van der Waals surface area contributed by atoms with Crippen LogP contribution in [0.3, 0.4) is 0 Å². The highest BCUT2D eigenvalue weighted by Gasteiger charge is 2.14. The fourth-order valence-corrected chi connectivity index (χ4v) is 4.19. The van der Waals surface area contributed by atoms with Crippen LogP contribution in [0, 0.1) is 0 Å². The Morgan fingerprint density at radius 3 is 2.38 bits per heavy atom. The lowest BCUT2D eigenvalue weighted by molar-refractivity contribution is 0.936. The van der Waals surface area contributed by atoms with Crippen molar-refractivity contribution in [3.8, 4) is 0 Å². The van der Waals surface area contributed by atoms with Crippen LogP contribution >= 0.6 is 27.7 Å². The fourth-order valence-electron chi connectivity index (χ4n) is 2.38. The first-order valence-electron chi connectivity index (χ1n) is 6.88. The van der Waals surface area contributed by atoms with Crippen LogP contribution in [0.1, 0.15) is 10.8 Å². The fraction of sp³-hybridized carbons (Fsp3) is 0.111. The van der Waals surface area contributed by atoms with Gasteiger partial charge in [0.25, 0.3) is 0 Å². The smallest absolute Gasteiger partial charge is 0.0478 e. The summed E-state index contributed by atoms with van der Waals surface area (Å²) in [5, 5.41) is 2.79. The molecule has 0 fully saturated rings. The number of halogens is 1. The average Bonchev–Trinajstić information content (AvgIpc) is 2.53. The van der Waals surface area contributed by atoms with Crippen molar-refractivity contribution in [1.82, 2.24) is 0 Å². The molecule has 1 unspecified atom stereocenters. The summed E-state index contributed by atoms with van der Waals surface area (Å²) in [6, 6.07) is 23.3. The van der Waals surface area contributed by atoms with Crippen LogP contribution in [0.5, 0.6) is 0 Å². The Balaban J connectivity index is 1.90. The maximum atomic E-state index is 5.99. The third kappa shape index (κ3) is 3.31. The number of benzene rings is 3. The molecule has 0 aliphatic carbocycles. The van der Waals surface area contributed by atoms with Gasteiger partial charge in [0.15, 0.2) is 0 Å². The third-order valence-electron chi connectivity index (χ3n) is 3.47. The van der Waals surface area contributed by atoms with Gasteiger partial charge in [0.1, 0.15) is 0 Å². The molecule has 0 aliphatic heterocycles. The molecule has 21 heavy (non-hydrogen) atoms. The van der Waals surface area contributed by atoms with E-state index in [9.17, 15) is 0 Å². The number of hydrogen-bond acceptors (Lipinski definition) is 2. The van der Waals surface area contributed by atoms with Crippen LogP contribution in [-0.2, 0) is 0 Å². The van der Waals surface area contributed by atoms with Gasteiger partial charge in [-0.2, -0.15) is 0 Å². The Morgan fingerprint density at radius 2 is 1.62 bits per heavy atom. The molecule has 3 rings (SSSR count). The lowest BCUT2D eigenvalue weighted by atomic mass is 10.1. The topological polar surface area (TPSA) is 26.0 Å². The summed E-state index contributed by atoms with van der Waals surface area (Å²) in [5.74, 6) is 0. The van der Waals surface area contributed by atoms with Crippen molar-refractivity contribution < 1.29 is 0 Å². The zero-order valence-electron chi connectivity index (χ0n) is 11.5. The van der Waals surface area contributed by atoms with Crippen LogP contribution in [0.2, 0.25) is 0 Å². The van der Waals surface area contributed by atoms with Gasteiger partial charge >= 0.3 is 0 Å². The van der Waals surface area contributed by atoms with Crippen molar-refractivity contribution in [3.05, 3.63) is 76.8 Å². The number of hydrogen-bond donors (Lipinski definition) is 1. The second-order valence-corrected chi connectivity index (χ2v) is 7.00. The minimum absolute atomic E-state index is 0.252. The van der Waals surface area contributed by atoms with Crippen LogP contribution < -0.4 is 5.73 Å². The molecule has 0 spiro atoms. The Hall–Kier alpha value is -1.29. The van der Waals surface area contributed by atoms with Crippen LogP contribution in [0.4, 0.5) is 0 Å². The van der Waals surface area contributed by atoms with Crippen molar-refractivity contribution in [1.29, 1.82) is 0 Å². The molecule has 0 radical (unpaired) electrons. The van der Waals surface area contributed by atoms with E-state index in [2.05, 4.69) is 76.6 Å². The quantitative estimate of drug-likeness (QED) is 0.633. The summed E-state index contributed by atoms with van der Waals surface area (Å²) < 4.78 is 1.12. The van der Waals surface area contributed by atoms with Crippen molar-refractivity contribution in [2.75, 3.05) is 6.54 Å². The molecule has 3 aromatic rings. The molecular formula is C18H16BrNS. The Kier molecular flexibility index (Phi) is 4.63. The van der Waals surface area contributed by atoms with E-state index in [4.69, 9.17) is 5.73 Å². The summed E-state index contributed by atoms with van der Waals surface area (Å²) in [6.45, 7) is 0.611. The highest BCUT2D eigenvalue weighted by Crippen LogP contribution is 2.38. The molecule has 0 aliphatic rings. The molecule has 0 saturated carbocycles. The number of nitrogens with two attached hydrogens (primary N) is 1. The van der Waals surface area contributed by atoms with E-state index in [1.54, 1.807) is 0 Å². The molecule has 2 N–H and O–H groups in total. The second kappa shape index (κ2) is 6.65. The molecule has 0 heterocycles. The zero-order valence-corrected chi connectivity index (χ0v) is 13.9. The first-order chi connectivity index (χ1) is 10.3. The molecule has 0 bridgehead atoms. The predicted molar refractivity (Wildman–Crippen MR) is 95.7 cm³/mol. The molecule has 0 amide bonds. The minimum atomic E-state index is 0.252. The molecule has 0 saturated heterocycles. The molecule has 1 atom stereocenters. The van der Waals surface area contributed by atoms with Gasteiger partial charge in [-0.05, 0) is 34.5 Å². The summed E-state index contributed by atoms with van der Waals surface area (Å²) in [6.07, 6.45) is 0. The molecule has 1 nitrogen and oxygen atoms in total. The predicted octanol–water partition coefficient (Wildman–Crippen LogP) is 5.39. The summed E-state index contributed by atoms with van der Waals surface area (Å²) in [7, 11) is 0. The Labute approximate surface area is 137 Å². The average molecular weight is 358 g/mol. The molecule has 3 aromatic carbocycles. The molecule has 3 heteroatoms. The number of thioether (sulfide) groups is 1. The van der Waals surface area contributed by atoms with Crippen molar-refractivity contribution >= 4 is 38.5 Å². The number of fused-ring (bicyclic) bond motifs is 1. The van der Waals surface area contributed by atoms with E-state index < -0.39 is 0 Å². The van der Waals surface area contributed by atoms with E-state index in [0.29, 0.717) is 6.54 Å². The lowest BCUT2D eigenvalue weighted by Crippen LogP contribution is -2.09. The van der Waals surface area contributed by atoms with E-state index in [1.165, 1.54) is 21.2 Å². The van der Waals surface area contributed by atoms with Gasteiger partial charge in [-0.1, -0.05) is 64.5 Å². The second-order valence-electron chi connectivity index (χ2n) is 4.87. The standard InChI is InChI=1S/C18H16BrNS/c19-17-8-4-3-7-16(17)18(12-20)21-15-10-9-13-5-1-2-6-14(13)11-15/h1-11,18H,12,20H2. The maximum Gasteiger partial charge on any atom is 0.0478 e. The van der Waals surface area contributed by atoms with Gasteiger partial charge < -0.3 is 5.73 Å². The normalized spacial score (nSPS) is 12.5. The van der Waals surface area contributed by atoms with Crippen molar-refractivity contribution in [3.63, 3.8) is 0 Å². The van der Waals surface area contributed by atoms with Crippen LogP contribution in [0.15, 0.2) is 76.1 Å². The van der Waals surface area contributed by atoms with Gasteiger partial charge in [-0.25, -0.2) is 0 Å². The van der Waals surface area contributed by atoms with Crippen molar-refractivity contribution in [2.45, 2.75) is 10.1 Å². The zero-order chi connectivity index (χ0) is 14.7. The lowest BCUT2D eigenvalue weighted by Gasteiger charge is -2.16. The maximum absolute atomic E-state index is 5.99. The highest BCUT2D eigenvalue weighted by atomic mass is 79.9. The third-order valence-corrected chi connectivity index (χ3v) is 5.44. The van der Waals surface area contributed by atoms with Gasteiger partial charge in [-0.15, -0.1) is 11.8 Å². The van der Waals surface area contributed by atoms with Gasteiger partial charge in [-0.3, -0.25) is 0 Å². The first-order valence-corrected chi connectivity index (χ1v) is 8.55. The van der Waals surface area contributed by atoms with E-state index in [-0.39, 0.29) is 5.25 Å². The van der Waals surface area contributed by atoms with Crippen LogP contribution in [0.25, 0.3) is 10.8 Å². The van der Waals surface area contributed by atoms with Crippen LogP contribution in [-0.4, -0.2) is 6.54 Å². The summed E-state index contributed by atoms with van der Waals surface area (Å²) in [4.78, 5) is 1.25. The Morgan fingerprint density at radius 1 is 0.905 bits per heavy atom. The number of rotatable bonds is 4. The highest BCUT2D eigenvalue weighted by molar-refractivity contribution is 9.10. The SMILES string of the molecule is NCC(Sc1ccc2ccccc2c1)c1ccccc1Br. The molecule has 106 valence electrons. The van der Waals surface area contributed by atoms with Crippen molar-refractivity contribution in [2.24, 2.45) is 5.73 Å². The molecular weight excluding hydrogens is 342 g/mol. The molecule has 0 aromatic heterocycles. The van der Waals surface area contributed by atoms with Gasteiger partial charge in [0.05, 0.1) is 0 Å². The first kappa shape index (κ1) is 14.6. The largest absolute Gasteiger partial charge is 0.329 e. The summed E-state index contributed by atoms with van der Waals surface area (Å²) in [5.41, 5.74) is 7.24. The Bertz CT molecular complexity index is 757. The van der Waals surface area contributed by atoms with E-state index in [1.807, 2.05) is 17.8 Å². The minimum Gasteiger partial charge on any atom is -0.329 e. The van der Waals surface area contributed by atoms with Gasteiger partial charge in [0.2, 0.25) is 0 Å². The monoisotopic (exact) mass is 357 g/mol.